The first-order chi connectivity index (χ1) is 8.95. The lowest BCUT2D eigenvalue weighted by molar-refractivity contribution is 0.271. The number of H-pyrrole nitrogens is 1. The lowest BCUT2D eigenvalue weighted by atomic mass is 9.98. The number of thiazole rings is 1. The van der Waals surface area contributed by atoms with Crippen molar-refractivity contribution in [3.63, 3.8) is 0 Å². The van der Waals surface area contributed by atoms with E-state index in [1.807, 2.05) is 7.05 Å². The van der Waals surface area contributed by atoms with Gasteiger partial charge >= 0.3 is 4.87 Å². The van der Waals surface area contributed by atoms with Gasteiger partial charge in [0.15, 0.2) is 4.21 Å². The Hall–Kier alpha value is -0.700. The topological polar surface area (TPSA) is 82.3 Å². The van der Waals surface area contributed by atoms with E-state index in [-0.39, 0.29) is 9.08 Å². The van der Waals surface area contributed by atoms with E-state index >= 15 is 0 Å². The lowest BCUT2D eigenvalue weighted by Crippen LogP contribution is -2.40. The van der Waals surface area contributed by atoms with Crippen LogP contribution in [0.4, 0.5) is 0 Å². The number of hydrogen-bond acceptors (Lipinski definition) is 5. The van der Waals surface area contributed by atoms with Gasteiger partial charge in [0.25, 0.3) is 10.0 Å². The number of nitrogens with zero attached hydrogens (tertiary/aromatic N) is 1. The minimum absolute atomic E-state index is 0.157. The van der Waals surface area contributed by atoms with Gasteiger partial charge < -0.3 is 10.3 Å². The summed E-state index contributed by atoms with van der Waals surface area (Å²) in [6.07, 6.45) is 1.72. The molecule has 0 radical (unpaired) electrons. The molecule has 0 saturated carbocycles. The molecule has 0 bridgehead atoms. The van der Waals surface area contributed by atoms with Crippen molar-refractivity contribution < 1.29 is 8.42 Å². The molecule has 1 fully saturated rings. The highest BCUT2D eigenvalue weighted by molar-refractivity contribution is 7.91. The van der Waals surface area contributed by atoms with Crippen molar-refractivity contribution in [2.24, 2.45) is 5.92 Å². The summed E-state index contributed by atoms with van der Waals surface area (Å²) in [5, 5.41) is 3.12. The molecule has 1 aliphatic heterocycles. The van der Waals surface area contributed by atoms with E-state index in [9.17, 15) is 13.2 Å². The number of piperidine rings is 1. The van der Waals surface area contributed by atoms with Gasteiger partial charge in [-0.05, 0) is 39.3 Å². The van der Waals surface area contributed by atoms with Crippen LogP contribution in [0.15, 0.2) is 9.00 Å². The van der Waals surface area contributed by atoms with Crippen LogP contribution >= 0.6 is 11.3 Å². The van der Waals surface area contributed by atoms with Crippen LogP contribution in [0.3, 0.4) is 0 Å². The van der Waals surface area contributed by atoms with Crippen LogP contribution in [0.5, 0.6) is 0 Å². The summed E-state index contributed by atoms with van der Waals surface area (Å²) < 4.78 is 26.5. The molecule has 0 atom stereocenters. The van der Waals surface area contributed by atoms with Crippen molar-refractivity contribution in [1.29, 1.82) is 0 Å². The van der Waals surface area contributed by atoms with E-state index in [0.717, 1.165) is 30.7 Å². The number of aryl methyl sites for hydroxylation is 1. The quantitative estimate of drug-likeness (QED) is 0.842. The molecule has 108 valence electrons. The lowest BCUT2D eigenvalue weighted by Gasteiger charge is -2.30. The SMILES string of the molecule is CNCC1CCN(S(=O)(=O)c2sc(=O)[nH]c2C)CC1. The smallest absolute Gasteiger partial charge is 0.305 e. The highest BCUT2D eigenvalue weighted by Gasteiger charge is 2.31. The molecule has 19 heavy (non-hydrogen) atoms. The number of hydrogen-bond donors (Lipinski definition) is 2. The van der Waals surface area contributed by atoms with Crippen LogP contribution in [-0.4, -0.2) is 44.4 Å². The summed E-state index contributed by atoms with van der Waals surface area (Å²) in [6.45, 7) is 3.60. The van der Waals surface area contributed by atoms with Crippen LogP contribution in [0.2, 0.25) is 0 Å². The van der Waals surface area contributed by atoms with Crippen LogP contribution in [-0.2, 0) is 10.0 Å². The maximum atomic E-state index is 12.4. The molecule has 2 rings (SSSR count). The summed E-state index contributed by atoms with van der Waals surface area (Å²) in [4.78, 5) is 13.5. The van der Waals surface area contributed by atoms with Gasteiger partial charge in [-0.15, -0.1) is 0 Å². The van der Waals surface area contributed by atoms with E-state index in [4.69, 9.17) is 0 Å². The summed E-state index contributed by atoms with van der Waals surface area (Å²) in [5.41, 5.74) is 0.437. The Labute approximate surface area is 116 Å². The molecule has 0 unspecified atom stereocenters. The minimum Gasteiger partial charge on any atom is -0.319 e. The Balaban J connectivity index is 2.14. The number of sulfonamides is 1. The Morgan fingerprint density at radius 2 is 2.05 bits per heavy atom. The summed E-state index contributed by atoms with van der Waals surface area (Å²) >= 11 is 0.773. The van der Waals surface area contributed by atoms with E-state index < -0.39 is 10.0 Å². The predicted octanol–water partition coefficient (Wildman–Crippen LogP) is 0.365. The maximum absolute atomic E-state index is 12.4. The zero-order valence-electron chi connectivity index (χ0n) is 11.1. The fraction of sp³-hybridized carbons (Fsp3) is 0.727. The highest BCUT2D eigenvalue weighted by atomic mass is 32.2. The first-order valence-electron chi connectivity index (χ1n) is 6.29. The Morgan fingerprint density at radius 3 is 2.53 bits per heavy atom. The molecule has 6 nitrogen and oxygen atoms in total. The number of rotatable bonds is 4. The average Bonchev–Trinajstić information content (AvgIpc) is 2.70. The first kappa shape index (κ1) is 14.7. The van der Waals surface area contributed by atoms with Crippen LogP contribution in [0, 0.1) is 12.8 Å². The van der Waals surface area contributed by atoms with Crippen molar-refractivity contribution >= 4 is 21.4 Å². The fourth-order valence-electron chi connectivity index (χ4n) is 2.40. The fourth-order valence-corrected chi connectivity index (χ4v) is 5.30. The van der Waals surface area contributed by atoms with Crippen molar-refractivity contribution in [3.8, 4) is 0 Å². The second kappa shape index (κ2) is 5.74. The molecule has 1 aromatic rings. The third-order valence-corrected chi connectivity index (χ3v) is 6.90. The molecule has 0 aliphatic carbocycles. The minimum atomic E-state index is -3.51. The number of aromatic nitrogens is 1. The second-order valence-corrected chi connectivity index (χ2v) is 7.95. The summed E-state index contributed by atoms with van der Waals surface area (Å²) in [7, 11) is -1.60. The van der Waals surface area contributed by atoms with Crippen molar-refractivity contribution in [2.45, 2.75) is 24.0 Å². The van der Waals surface area contributed by atoms with Gasteiger partial charge in [-0.25, -0.2) is 8.42 Å². The number of nitrogens with one attached hydrogen (secondary N) is 2. The Kier molecular flexibility index (Phi) is 4.44. The van der Waals surface area contributed by atoms with Crippen LogP contribution < -0.4 is 10.2 Å². The van der Waals surface area contributed by atoms with Gasteiger partial charge in [0, 0.05) is 18.8 Å². The summed E-state index contributed by atoms with van der Waals surface area (Å²) in [5.74, 6) is 0.530. The Morgan fingerprint density at radius 1 is 1.42 bits per heavy atom. The highest BCUT2D eigenvalue weighted by Crippen LogP contribution is 2.26. The standard InChI is InChI=1S/C11H19N3O3S2/c1-8-10(18-11(15)13-8)19(16,17)14-5-3-9(4-6-14)7-12-2/h9,12H,3-7H2,1-2H3,(H,13,15). The predicted molar refractivity (Wildman–Crippen MR) is 75.1 cm³/mol. The van der Waals surface area contributed by atoms with Crippen LogP contribution in [0.1, 0.15) is 18.5 Å². The van der Waals surface area contributed by atoms with Gasteiger partial charge in [0.1, 0.15) is 0 Å². The molecule has 0 spiro atoms. The van der Waals surface area contributed by atoms with Crippen molar-refractivity contribution in [2.75, 3.05) is 26.7 Å². The summed E-state index contributed by atoms with van der Waals surface area (Å²) in [6, 6.07) is 0. The molecule has 2 heterocycles. The van der Waals surface area contributed by atoms with E-state index in [0.29, 0.717) is 24.7 Å². The molecular weight excluding hydrogens is 286 g/mol. The molecule has 0 aromatic carbocycles. The third kappa shape index (κ3) is 3.07. The third-order valence-electron chi connectivity index (χ3n) is 3.42. The van der Waals surface area contributed by atoms with Gasteiger partial charge in [-0.3, -0.25) is 4.79 Å². The van der Waals surface area contributed by atoms with Crippen LogP contribution in [0.25, 0.3) is 0 Å². The van der Waals surface area contributed by atoms with Gasteiger partial charge in [0.05, 0.1) is 0 Å². The van der Waals surface area contributed by atoms with E-state index in [2.05, 4.69) is 10.3 Å². The van der Waals surface area contributed by atoms with E-state index in [1.165, 1.54) is 4.31 Å². The van der Waals surface area contributed by atoms with Gasteiger partial charge in [0.2, 0.25) is 0 Å². The van der Waals surface area contributed by atoms with Crippen molar-refractivity contribution in [1.82, 2.24) is 14.6 Å². The van der Waals surface area contributed by atoms with Gasteiger partial charge in [-0.1, -0.05) is 11.3 Å². The molecule has 0 amide bonds. The molecular formula is C11H19N3O3S2. The van der Waals surface area contributed by atoms with E-state index in [1.54, 1.807) is 6.92 Å². The van der Waals surface area contributed by atoms with Gasteiger partial charge in [-0.2, -0.15) is 4.31 Å². The first-order valence-corrected chi connectivity index (χ1v) is 8.55. The molecule has 8 heteroatoms. The molecule has 1 aliphatic rings. The zero-order valence-corrected chi connectivity index (χ0v) is 12.7. The molecule has 2 N–H and O–H groups in total. The molecule has 1 saturated heterocycles. The molecule has 1 aromatic heterocycles. The average molecular weight is 305 g/mol. The largest absolute Gasteiger partial charge is 0.319 e. The zero-order chi connectivity index (χ0) is 14.0. The van der Waals surface area contributed by atoms with Crippen molar-refractivity contribution in [3.05, 3.63) is 15.4 Å². The monoisotopic (exact) mass is 305 g/mol. The maximum Gasteiger partial charge on any atom is 0.305 e. The Bertz CT molecular complexity index is 583. The normalized spacial score (nSPS) is 18.8. The second-order valence-electron chi connectivity index (χ2n) is 4.83. The number of aromatic amines is 1.